The summed E-state index contributed by atoms with van der Waals surface area (Å²) >= 11 is 0. The standard InChI is InChI=1S/C43H39F5N10O6/c44-28-18-24(64-37-34(47)29(45)19-30(46)35(37)48)2-4-26(28)36-33-38(49)51-20-52-39(33)58(54-36)23-9-14-56(15-10-23)41(61)21-7-12-55(13-8-21)16-11-50-22-1-3-25-27(17-22)43(63)57(42(25)62)31-5-6-32(59)53-40(31)60/h1-4,17-21,23,31,50H,5-16H2,(H2,49,51,52)(H,53,59,60). The van der Waals surface area contributed by atoms with Crippen LogP contribution in [-0.2, 0) is 14.4 Å². The number of rotatable bonds is 10. The van der Waals surface area contributed by atoms with Crippen molar-refractivity contribution in [3.63, 3.8) is 0 Å². The van der Waals surface area contributed by atoms with Crippen LogP contribution in [0.15, 0.2) is 48.8 Å². The summed E-state index contributed by atoms with van der Waals surface area (Å²) in [5.41, 5.74) is 7.63. The zero-order valence-electron chi connectivity index (χ0n) is 33.9. The van der Waals surface area contributed by atoms with E-state index < -0.39 is 70.3 Å². The van der Waals surface area contributed by atoms with Gasteiger partial charge in [0, 0.05) is 61.9 Å². The molecule has 0 aliphatic carbocycles. The fraction of sp³-hybridized carbons (Fsp3) is 0.349. The van der Waals surface area contributed by atoms with E-state index in [0.717, 1.165) is 17.0 Å². The van der Waals surface area contributed by atoms with E-state index in [9.17, 15) is 41.5 Å². The second-order valence-corrected chi connectivity index (χ2v) is 16.1. The lowest BCUT2D eigenvalue weighted by Crippen LogP contribution is -2.54. The van der Waals surface area contributed by atoms with Gasteiger partial charge in [0.25, 0.3) is 11.8 Å². The van der Waals surface area contributed by atoms with E-state index in [-0.39, 0.29) is 70.4 Å². The van der Waals surface area contributed by atoms with E-state index in [0.29, 0.717) is 76.3 Å². The quantitative estimate of drug-likeness (QED) is 0.0971. The number of halogens is 5. The van der Waals surface area contributed by atoms with E-state index in [1.807, 2.05) is 4.90 Å². The lowest BCUT2D eigenvalue weighted by Gasteiger charge is -2.37. The van der Waals surface area contributed by atoms with E-state index in [4.69, 9.17) is 15.6 Å². The summed E-state index contributed by atoms with van der Waals surface area (Å²) in [6, 6.07) is 6.79. The number of carbonyl (C=O) groups excluding carboxylic acids is 5. The van der Waals surface area contributed by atoms with Crippen LogP contribution in [0.4, 0.5) is 33.5 Å². The molecule has 3 aromatic carbocycles. The Kier molecular flexibility index (Phi) is 11.2. The summed E-state index contributed by atoms with van der Waals surface area (Å²) in [5.74, 6) is -12.0. The Labute approximate surface area is 360 Å². The number of nitrogens with zero attached hydrogens (tertiary/aromatic N) is 7. The average molecular weight is 887 g/mol. The maximum Gasteiger partial charge on any atom is 0.262 e. The molecule has 6 heterocycles. The topological polar surface area (TPSA) is 198 Å². The second kappa shape index (κ2) is 16.9. The van der Waals surface area contributed by atoms with Gasteiger partial charge in [0.05, 0.1) is 22.6 Å². The summed E-state index contributed by atoms with van der Waals surface area (Å²) in [5, 5.41) is 10.4. The first-order valence-electron chi connectivity index (χ1n) is 20.7. The molecule has 5 amide bonds. The number of benzene rings is 3. The van der Waals surface area contributed by atoms with Crippen LogP contribution >= 0.6 is 0 Å². The van der Waals surface area contributed by atoms with Gasteiger partial charge in [-0.25, -0.2) is 27.8 Å². The van der Waals surface area contributed by atoms with Crippen molar-refractivity contribution in [3.05, 3.63) is 89.0 Å². The Hall–Kier alpha value is -7.03. The molecule has 1 atom stereocenters. The molecule has 16 nitrogen and oxygen atoms in total. The van der Waals surface area contributed by atoms with Gasteiger partial charge in [-0.05, 0) is 75.5 Å². The third-order valence-corrected chi connectivity index (χ3v) is 12.3. The molecule has 4 N–H and O–H groups in total. The zero-order valence-corrected chi connectivity index (χ0v) is 33.9. The molecule has 5 aromatic rings. The normalized spacial score (nSPS) is 18.8. The van der Waals surface area contributed by atoms with Crippen molar-refractivity contribution in [1.29, 1.82) is 0 Å². The lowest BCUT2D eigenvalue weighted by atomic mass is 9.94. The van der Waals surface area contributed by atoms with Crippen LogP contribution in [0.3, 0.4) is 0 Å². The third kappa shape index (κ3) is 7.72. The van der Waals surface area contributed by atoms with E-state index in [1.54, 1.807) is 22.9 Å². The van der Waals surface area contributed by atoms with Crippen LogP contribution in [0.2, 0.25) is 0 Å². The summed E-state index contributed by atoms with van der Waals surface area (Å²) < 4.78 is 78.3. The Bertz CT molecular complexity index is 2730. The number of amides is 5. The number of imide groups is 2. The van der Waals surface area contributed by atoms with Gasteiger partial charge in [0.2, 0.25) is 35.1 Å². The number of piperidine rings is 3. The van der Waals surface area contributed by atoms with Crippen molar-refractivity contribution >= 4 is 52.1 Å². The van der Waals surface area contributed by atoms with Crippen molar-refractivity contribution in [2.45, 2.75) is 50.6 Å². The number of nitrogens with one attached hydrogen (secondary N) is 2. The molecule has 9 rings (SSSR count). The van der Waals surface area contributed by atoms with Gasteiger partial charge in [-0.2, -0.15) is 13.9 Å². The molecule has 3 saturated heterocycles. The number of nitrogen functional groups attached to an aromatic ring is 1. The molecular weight excluding hydrogens is 848 g/mol. The number of aromatic nitrogens is 4. The largest absolute Gasteiger partial charge is 0.451 e. The minimum Gasteiger partial charge on any atom is -0.451 e. The average Bonchev–Trinajstić information content (AvgIpc) is 3.79. The van der Waals surface area contributed by atoms with Crippen LogP contribution in [0.5, 0.6) is 11.5 Å². The minimum absolute atomic E-state index is 0.0255. The highest BCUT2D eigenvalue weighted by Gasteiger charge is 2.45. The first-order chi connectivity index (χ1) is 30.8. The molecule has 0 spiro atoms. The van der Waals surface area contributed by atoms with Crippen molar-refractivity contribution in [2.75, 3.05) is 50.3 Å². The van der Waals surface area contributed by atoms with E-state index in [2.05, 4.69) is 25.5 Å². The number of fused-ring (bicyclic) bond motifs is 2. The maximum atomic E-state index is 15.7. The Morgan fingerprint density at radius 1 is 0.812 bits per heavy atom. The molecule has 4 aliphatic rings. The van der Waals surface area contributed by atoms with Crippen molar-refractivity contribution in [2.24, 2.45) is 5.92 Å². The van der Waals surface area contributed by atoms with Gasteiger partial charge in [-0.3, -0.25) is 34.2 Å². The minimum atomic E-state index is -1.78. The maximum absolute atomic E-state index is 15.7. The van der Waals surface area contributed by atoms with Gasteiger partial charge < -0.3 is 25.6 Å². The van der Waals surface area contributed by atoms with Crippen molar-refractivity contribution in [3.8, 4) is 22.8 Å². The Morgan fingerprint density at radius 3 is 2.22 bits per heavy atom. The number of anilines is 2. The highest BCUT2D eigenvalue weighted by Crippen LogP contribution is 2.38. The van der Waals surface area contributed by atoms with E-state index in [1.165, 1.54) is 12.4 Å². The molecule has 0 radical (unpaired) electrons. The fourth-order valence-corrected chi connectivity index (χ4v) is 8.88. The summed E-state index contributed by atoms with van der Waals surface area (Å²) in [7, 11) is 0. The van der Waals surface area contributed by atoms with Gasteiger partial charge in [-0.1, -0.05) is 0 Å². The molecule has 2 aromatic heterocycles. The molecule has 64 heavy (non-hydrogen) atoms. The smallest absolute Gasteiger partial charge is 0.262 e. The van der Waals surface area contributed by atoms with Crippen LogP contribution in [0.25, 0.3) is 22.3 Å². The van der Waals surface area contributed by atoms with Crippen LogP contribution in [0.1, 0.15) is 65.3 Å². The molecule has 332 valence electrons. The monoisotopic (exact) mass is 886 g/mol. The lowest BCUT2D eigenvalue weighted by molar-refractivity contribution is -0.138. The molecule has 21 heteroatoms. The second-order valence-electron chi connectivity index (χ2n) is 16.1. The van der Waals surface area contributed by atoms with Crippen LogP contribution in [-0.4, -0.2) is 109 Å². The van der Waals surface area contributed by atoms with Gasteiger partial charge >= 0.3 is 0 Å². The highest BCUT2D eigenvalue weighted by molar-refractivity contribution is 6.23. The van der Waals surface area contributed by atoms with Gasteiger partial charge in [0.15, 0.2) is 17.3 Å². The zero-order chi connectivity index (χ0) is 45.0. The number of carbonyl (C=O) groups is 5. The molecular formula is C43H39F5N10O6. The number of hydrogen-bond donors (Lipinski definition) is 3. The van der Waals surface area contributed by atoms with Crippen molar-refractivity contribution in [1.82, 2.24) is 39.8 Å². The molecule has 0 saturated carbocycles. The number of hydrogen-bond acceptors (Lipinski definition) is 12. The highest BCUT2D eigenvalue weighted by atomic mass is 19.2. The number of nitrogens with two attached hydrogens (primary N) is 1. The third-order valence-electron chi connectivity index (χ3n) is 12.3. The molecule has 4 aliphatic heterocycles. The van der Waals surface area contributed by atoms with Crippen LogP contribution in [0, 0.1) is 35.0 Å². The van der Waals surface area contributed by atoms with Gasteiger partial charge in [0.1, 0.15) is 35.4 Å². The molecule has 1 unspecified atom stereocenters. The first-order valence-corrected chi connectivity index (χ1v) is 20.7. The number of ether oxygens (including phenoxy) is 1. The Balaban J connectivity index is 0.781. The predicted octanol–water partition coefficient (Wildman–Crippen LogP) is 4.95. The first kappa shape index (κ1) is 42.3. The van der Waals surface area contributed by atoms with Crippen LogP contribution < -0.4 is 21.1 Å². The molecule has 3 fully saturated rings. The summed E-state index contributed by atoms with van der Waals surface area (Å²) in [6.45, 7) is 3.51. The summed E-state index contributed by atoms with van der Waals surface area (Å²) in [4.78, 5) is 77.4. The SMILES string of the molecule is Nc1ncnc2c1c(-c1ccc(Oc3c(F)c(F)cc(F)c3F)cc1F)nn2C1CCN(C(=O)C2CCN(CCNc3ccc4c(c3)C(=O)N(C3CCC(=O)NC3=O)C4=O)CC2)CC1. The van der Waals surface area contributed by atoms with Gasteiger partial charge in [-0.15, -0.1) is 0 Å². The Morgan fingerprint density at radius 2 is 1.52 bits per heavy atom. The number of likely N-dealkylation sites (tertiary alicyclic amines) is 2. The predicted molar refractivity (Wildman–Crippen MR) is 217 cm³/mol. The summed E-state index contributed by atoms with van der Waals surface area (Å²) in [6.07, 6.45) is 3.76. The molecule has 0 bridgehead atoms. The fourth-order valence-electron chi connectivity index (χ4n) is 8.88. The van der Waals surface area contributed by atoms with E-state index >= 15 is 4.39 Å². The van der Waals surface area contributed by atoms with Crippen molar-refractivity contribution < 1.29 is 50.7 Å².